The Morgan fingerprint density at radius 1 is 1.08 bits per heavy atom. The van der Waals surface area contributed by atoms with E-state index in [1.165, 1.54) is 6.92 Å². The van der Waals surface area contributed by atoms with E-state index in [4.69, 9.17) is 9.47 Å². The number of anilines is 1. The maximum atomic E-state index is 12.6. The van der Waals surface area contributed by atoms with Crippen molar-refractivity contribution in [2.75, 3.05) is 18.6 Å². The number of nitrogens with zero attached hydrogens (tertiary/aromatic N) is 1. The van der Waals surface area contributed by atoms with Crippen LogP contribution in [0.25, 0.3) is 0 Å². The van der Waals surface area contributed by atoms with Gasteiger partial charge in [0, 0.05) is 12.6 Å². The average Bonchev–Trinajstić information content (AvgIpc) is 2.60. The van der Waals surface area contributed by atoms with Gasteiger partial charge in [-0.1, -0.05) is 30.3 Å². The van der Waals surface area contributed by atoms with E-state index in [-0.39, 0.29) is 30.4 Å². The van der Waals surface area contributed by atoms with Gasteiger partial charge in [-0.25, -0.2) is 0 Å². The van der Waals surface area contributed by atoms with Crippen molar-refractivity contribution in [2.24, 2.45) is 5.92 Å². The highest BCUT2D eigenvalue weighted by Crippen LogP contribution is 2.43. The van der Waals surface area contributed by atoms with Gasteiger partial charge in [-0.05, 0) is 29.8 Å². The molecule has 2 aromatic carbocycles. The van der Waals surface area contributed by atoms with Crippen LogP contribution >= 0.6 is 0 Å². The molecule has 0 aromatic heterocycles. The first-order valence-electron chi connectivity index (χ1n) is 7.77. The number of amides is 1. The van der Waals surface area contributed by atoms with Crippen LogP contribution in [0, 0.1) is 5.92 Å². The molecule has 0 bridgehead atoms. The van der Waals surface area contributed by atoms with Gasteiger partial charge in [-0.15, -0.1) is 0 Å². The fourth-order valence-electron chi connectivity index (χ4n) is 2.98. The maximum Gasteiger partial charge on any atom is 0.302 e. The molecule has 0 N–H and O–H groups in total. The van der Waals surface area contributed by atoms with Gasteiger partial charge >= 0.3 is 5.97 Å². The van der Waals surface area contributed by atoms with Crippen LogP contribution in [0.3, 0.4) is 0 Å². The summed E-state index contributed by atoms with van der Waals surface area (Å²) in [6, 6.07) is 17.0. The molecule has 1 heterocycles. The van der Waals surface area contributed by atoms with E-state index < -0.39 is 0 Å². The van der Waals surface area contributed by atoms with Crippen LogP contribution in [-0.2, 0) is 14.3 Å². The molecular formula is C19H19NO4. The molecule has 2 aromatic rings. The SMILES string of the molecule is COc1ccc(N2C(=O)[C@@H](COC(C)=O)[C@H]2c2ccccc2)cc1. The third kappa shape index (κ3) is 2.97. The minimum absolute atomic E-state index is 0.0460. The summed E-state index contributed by atoms with van der Waals surface area (Å²) in [6.07, 6.45) is 0. The average molecular weight is 325 g/mol. The Hall–Kier alpha value is -2.82. The molecule has 124 valence electrons. The predicted molar refractivity (Wildman–Crippen MR) is 89.8 cm³/mol. The molecular weight excluding hydrogens is 306 g/mol. The molecule has 5 nitrogen and oxygen atoms in total. The minimum Gasteiger partial charge on any atom is -0.497 e. The number of carbonyl (C=O) groups is 2. The van der Waals surface area contributed by atoms with Crippen molar-refractivity contribution < 1.29 is 19.1 Å². The molecule has 1 saturated heterocycles. The monoisotopic (exact) mass is 325 g/mol. The Morgan fingerprint density at radius 3 is 2.33 bits per heavy atom. The topological polar surface area (TPSA) is 55.8 Å². The second-order valence-corrected chi connectivity index (χ2v) is 5.67. The fraction of sp³-hybridized carbons (Fsp3) is 0.263. The summed E-state index contributed by atoms with van der Waals surface area (Å²) >= 11 is 0. The first-order valence-corrected chi connectivity index (χ1v) is 7.77. The van der Waals surface area contributed by atoms with Gasteiger partial charge in [0.05, 0.1) is 19.1 Å². The molecule has 24 heavy (non-hydrogen) atoms. The van der Waals surface area contributed by atoms with E-state index in [0.29, 0.717) is 0 Å². The lowest BCUT2D eigenvalue weighted by Gasteiger charge is -2.47. The molecule has 1 fully saturated rings. The number of methoxy groups -OCH3 is 1. The number of β-lactam (4-membered cyclic amide) rings is 1. The molecule has 1 aliphatic rings. The predicted octanol–water partition coefficient (Wildman–Crippen LogP) is 2.96. The van der Waals surface area contributed by atoms with Crippen LogP contribution in [-0.4, -0.2) is 25.6 Å². The molecule has 0 spiro atoms. The largest absolute Gasteiger partial charge is 0.497 e. The van der Waals surface area contributed by atoms with Crippen LogP contribution in [0.4, 0.5) is 5.69 Å². The van der Waals surface area contributed by atoms with Crippen molar-refractivity contribution in [1.29, 1.82) is 0 Å². The van der Waals surface area contributed by atoms with Gasteiger partial charge in [0.15, 0.2) is 0 Å². The van der Waals surface area contributed by atoms with Gasteiger partial charge in [0.2, 0.25) is 5.91 Å². The lowest BCUT2D eigenvalue weighted by molar-refractivity contribution is -0.146. The summed E-state index contributed by atoms with van der Waals surface area (Å²) in [6.45, 7) is 1.45. The molecule has 3 rings (SSSR count). The quantitative estimate of drug-likeness (QED) is 0.626. The molecule has 0 radical (unpaired) electrons. The Morgan fingerprint density at radius 2 is 1.75 bits per heavy atom. The van der Waals surface area contributed by atoms with Crippen molar-refractivity contribution >= 4 is 17.6 Å². The number of benzene rings is 2. The summed E-state index contributed by atoms with van der Waals surface area (Å²) in [5, 5.41) is 0. The maximum absolute atomic E-state index is 12.6. The first-order chi connectivity index (χ1) is 11.6. The van der Waals surface area contributed by atoms with Gasteiger partial charge in [0.25, 0.3) is 0 Å². The summed E-state index contributed by atoms with van der Waals surface area (Å²) in [7, 11) is 1.60. The van der Waals surface area contributed by atoms with Gasteiger partial charge in [-0.2, -0.15) is 0 Å². The third-order valence-electron chi connectivity index (χ3n) is 4.17. The van der Waals surface area contributed by atoms with Crippen LogP contribution in [0.5, 0.6) is 5.75 Å². The zero-order chi connectivity index (χ0) is 17.1. The van der Waals surface area contributed by atoms with Crippen LogP contribution in [0.2, 0.25) is 0 Å². The fourth-order valence-corrected chi connectivity index (χ4v) is 2.98. The van der Waals surface area contributed by atoms with E-state index >= 15 is 0 Å². The molecule has 0 aliphatic carbocycles. The first kappa shape index (κ1) is 16.1. The number of rotatable bonds is 5. The Kier molecular flexibility index (Phi) is 4.51. The highest BCUT2D eigenvalue weighted by molar-refractivity contribution is 6.03. The smallest absolute Gasteiger partial charge is 0.302 e. The Balaban J connectivity index is 1.89. The summed E-state index contributed by atoms with van der Waals surface area (Å²) in [5.41, 5.74) is 1.82. The number of hydrogen-bond donors (Lipinski definition) is 0. The lowest BCUT2D eigenvalue weighted by Crippen LogP contribution is -2.57. The van der Waals surface area contributed by atoms with Crippen molar-refractivity contribution in [1.82, 2.24) is 0 Å². The summed E-state index contributed by atoms with van der Waals surface area (Å²) < 4.78 is 10.2. The number of esters is 1. The van der Waals surface area contributed by atoms with Gasteiger partial charge < -0.3 is 14.4 Å². The number of ether oxygens (including phenoxy) is 2. The van der Waals surface area contributed by atoms with E-state index in [2.05, 4.69) is 0 Å². The number of hydrogen-bond acceptors (Lipinski definition) is 4. The molecule has 0 unspecified atom stereocenters. The molecule has 0 saturated carbocycles. The second-order valence-electron chi connectivity index (χ2n) is 5.67. The molecule has 2 atom stereocenters. The summed E-state index contributed by atoms with van der Waals surface area (Å²) in [5.74, 6) is -0.0503. The van der Waals surface area contributed by atoms with Crippen LogP contribution in [0.1, 0.15) is 18.5 Å². The molecule has 5 heteroatoms. The highest BCUT2D eigenvalue weighted by atomic mass is 16.5. The van der Waals surface area contributed by atoms with Crippen molar-refractivity contribution in [3.05, 3.63) is 60.2 Å². The van der Waals surface area contributed by atoms with Crippen molar-refractivity contribution in [3.8, 4) is 5.75 Å². The van der Waals surface area contributed by atoms with Gasteiger partial charge in [0.1, 0.15) is 12.4 Å². The zero-order valence-corrected chi connectivity index (χ0v) is 13.6. The van der Waals surface area contributed by atoms with E-state index in [9.17, 15) is 9.59 Å². The molecule has 1 aliphatic heterocycles. The standard InChI is InChI=1S/C19H19NO4/c1-13(21)24-12-17-18(14-6-4-3-5-7-14)20(19(17)22)15-8-10-16(23-2)11-9-15/h3-11,17-18H,12H2,1-2H3/t17-,18+/m0/s1. The number of carbonyl (C=O) groups excluding carboxylic acids is 2. The van der Waals surface area contributed by atoms with Crippen LogP contribution in [0.15, 0.2) is 54.6 Å². The summed E-state index contributed by atoms with van der Waals surface area (Å²) in [4.78, 5) is 25.5. The lowest BCUT2D eigenvalue weighted by atomic mass is 9.82. The van der Waals surface area contributed by atoms with Crippen molar-refractivity contribution in [3.63, 3.8) is 0 Å². The Labute approximate surface area is 140 Å². The van der Waals surface area contributed by atoms with E-state index in [1.807, 2.05) is 54.6 Å². The van der Waals surface area contributed by atoms with E-state index in [0.717, 1.165) is 17.0 Å². The zero-order valence-electron chi connectivity index (χ0n) is 13.6. The Bertz CT molecular complexity index is 727. The van der Waals surface area contributed by atoms with Gasteiger partial charge in [-0.3, -0.25) is 9.59 Å². The second kappa shape index (κ2) is 6.74. The highest BCUT2D eigenvalue weighted by Gasteiger charge is 2.49. The van der Waals surface area contributed by atoms with Crippen LogP contribution < -0.4 is 9.64 Å². The van der Waals surface area contributed by atoms with E-state index in [1.54, 1.807) is 12.0 Å². The molecule has 1 amide bonds. The van der Waals surface area contributed by atoms with Crippen molar-refractivity contribution in [2.45, 2.75) is 13.0 Å². The minimum atomic E-state index is -0.377. The normalized spacial score (nSPS) is 19.6. The third-order valence-corrected chi connectivity index (χ3v) is 4.17.